The van der Waals surface area contributed by atoms with E-state index in [0.29, 0.717) is 28.9 Å². The molecule has 0 saturated heterocycles. The molecule has 1 fully saturated rings. The molecular formula is C22H31NO5. The van der Waals surface area contributed by atoms with Crippen molar-refractivity contribution in [1.82, 2.24) is 5.32 Å². The Morgan fingerprint density at radius 2 is 1.93 bits per heavy atom. The van der Waals surface area contributed by atoms with E-state index in [9.17, 15) is 9.59 Å². The van der Waals surface area contributed by atoms with Crippen LogP contribution in [0.2, 0.25) is 0 Å². The van der Waals surface area contributed by atoms with E-state index in [-0.39, 0.29) is 11.9 Å². The van der Waals surface area contributed by atoms with Gasteiger partial charge in [0.05, 0.1) is 14.2 Å². The average Bonchev–Trinajstić information content (AvgIpc) is 2.69. The zero-order valence-electron chi connectivity index (χ0n) is 17.4. The molecule has 0 spiro atoms. The molecule has 154 valence electrons. The number of methoxy groups -OCH3 is 2. The molecule has 6 heteroatoms. The van der Waals surface area contributed by atoms with Gasteiger partial charge in [-0.1, -0.05) is 38.8 Å². The molecule has 0 heterocycles. The highest BCUT2D eigenvalue weighted by atomic mass is 16.5. The van der Waals surface area contributed by atoms with Gasteiger partial charge in [-0.25, -0.2) is 4.79 Å². The van der Waals surface area contributed by atoms with E-state index in [1.807, 2.05) is 0 Å². The first-order valence-corrected chi connectivity index (χ1v) is 9.77. The molecule has 2 rings (SSSR count). The summed E-state index contributed by atoms with van der Waals surface area (Å²) >= 11 is 0. The van der Waals surface area contributed by atoms with Crippen LogP contribution in [0.4, 0.5) is 0 Å². The van der Waals surface area contributed by atoms with Crippen LogP contribution in [0, 0.1) is 11.8 Å². The first kappa shape index (κ1) is 21.8. The van der Waals surface area contributed by atoms with Gasteiger partial charge in [0.15, 0.2) is 17.6 Å². The van der Waals surface area contributed by atoms with Crippen LogP contribution in [0.3, 0.4) is 0 Å². The lowest BCUT2D eigenvalue weighted by atomic mass is 9.78. The van der Waals surface area contributed by atoms with E-state index in [1.165, 1.54) is 19.6 Å². The Labute approximate surface area is 167 Å². The lowest BCUT2D eigenvalue weighted by Gasteiger charge is -2.35. The molecule has 1 aliphatic rings. The minimum Gasteiger partial charge on any atom is -0.493 e. The normalized spacial score (nSPS) is 23.1. The number of amides is 1. The molecule has 1 aromatic rings. The van der Waals surface area contributed by atoms with Gasteiger partial charge in [0.25, 0.3) is 5.91 Å². The summed E-state index contributed by atoms with van der Waals surface area (Å²) in [6.45, 7) is 5.96. The fourth-order valence-corrected chi connectivity index (χ4v) is 3.55. The van der Waals surface area contributed by atoms with Gasteiger partial charge >= 0.3 is 5.97 Å². The van der Waals surface area contributed by atoms with Crippen LogP contribution in [0.1, 0.15) is 45.6 Å². The number of ether oxygens (including phenoxy) is 3. The average molecular weight is 389 g/mol. The number of esters is 1. The van der Waals surface area contributed by atoms with Crippen molar-refractivity contribution in [3.63, 3.8) is 0 Å². The second-order valence-corrected chi connectivity index (χ2v) is 7.38. The number of para-hydroxylation sites is 1. The summed E-state index contributed by atoms with van der Waals surface area (Å²) in [6.07, 6.45) is 5.28. The molecule has 0 radical (unpaired) electrons. The van der Waals surface area contributed by atoms with E-state index < -0.39 is 12.1 Å². The fourth-order valence-electron chi connectivity index (χ4n) is 3.55. The molecule has 0 bridgehead atoms. The summed E-state index contributed by atoms with van der Waals surface area (Å²) in [4.78, 5) is 24.5. The summed E-state index contributed by atoms with van der Waals surface area (Å²) in [7, 11) is 3.08. The van der Waals surface area contributed by atoms with Gasteiger partial charge < -0.3 is 19.5 Å². The third-order valence-electron chi connectivity index (χ3n) is 5.53. The van der Waals surface area contributed by atoms with Gasteiger partial charge in [0, 0.05) is 17.7 Å². The van der Waals surface area contributed by atoms with Crippen LogP contribution in [0.15, 0.2) is 24.3 Å². The maximum atomic E-state index is 12.4. The molecule has 4 atom stereocenters. The highest BCUT2D eigenvalue weighted by molar-refractivity contribution is 5.91. The van der Waals surface area contributed by atoms with Crippen LogP contribution in [0.25, 0.3) is 6.08 Å². The van der Waals surface area contributed by atoms with Crippen molar-refractivity contribution in [2.24, 2.45) is 11.8 Å². The second-order valence-electron chi connectivity index (χ2n) is 7.38. The van der Waals surface area contributed by atoms with Crippen LogP contribution in [0.5, 0.6) is 11.5 Å². The minimum atomic E-state index is -0.853. The van der Waals surface area contributed by atoms with Crippen LogP contribution >= 0.6 is 0 Å². The molecule has 1 N–H and O–H groups in total. The molecule has 0 aliphatic heterocycles. The van der Waals surface area contributed by atoms with E-state index in [1.54, 1.807) is 38.3 Å². The monoisotopic (exact) mass is 389 g/mol. The van der Waals surface area contributed by atoms with Crippen LogP contribution in [-0.4, -0.2) is 38.2 Å². The highest BCUT2D eigenvalue weighted by Crippen LogP contribution is 2.31. The quantitative estimate of drug-likeness (QED) is 0.570. The zero-order chi connectivity index (χ0) is 20.7. The Kier molecular flexibility index (Phi) is 7.91. The maximum Gasteiger partial charge on any atom is 0.331 e. The summed E-state index contributed by atoms with van der Waals surface area (Å²) in [5.41, 5.74) is 0.681. The largest absolute Gasteiger partial charge is 0.493 e. The SMILES string of the molecule is COc1cccc(/C=C/C(=O)O[C@H](C)C(=O)N[C@@H]2CCC[C@H](C)[C@H]2C)c1OC. The van der Waals surface area contributed by atoms with E-state index in [0.717, 1.165) is 12.8 Å². The van der Waals surface area contributed by atoms with E-state index in [4.69, 9.17) is 14.2 Å². The molecule has 1 amide bonds. The van der Waals surface area contributed by atoms with Crippen molar-refractivity contribution in [1.29, 1.82) is 0 Å². The number of hydrogen-bond acceptors (Lipinski definition) is 5. The number of carbonyl (C=O) groups excluding carboxylic acids is 2. The van der Waals surface area contributed by atoms with Crippen molar-refractivity contribution in [3.05, 3.63) is 29.8 Å². The van der Waals surface area contributed by atoms with Crippen molar-refractivity contribution >= 4 is 18.0 Å². The predicted molar refractivity (Wildman–Crippen MR) is 108 cm³/mol. The van der Waals surface area contributed by atoms with Crippen LogP contribution in [-0.2, 0) is 14.3 Å². The van der Waals surface area contributed by atoms with E-state index in [2.05, 4.69) is 19.2 Å². The minimum absolute atomic E-state index is 0.133. The molecule has 28 heavy (non-hydrogen) atoms. The van der Waals surface area contributed by atoms with Gasteiger partial charge in [-0.05, 0) is 37.3 Å². The number of carbonyl (C=O) groups is 2. The second kappa shape index (κ2) is 10.2. The first-order valence-electron chi connectivity index (χ1n) is 9.77. The van der Waals surface area contributed by atoms with Gasteiger partial charge in [0.1, 0.15) is 0 Å². The molecule has 1 aliphatic carbocycles. The first-order chi connectivity index (χ1) is 13.4. The molecular weight excluding hydrogens is 358 g/mol. The number of rotatable bonds is 7. The standard InChI is InChI=1S/C22H31NO5/c1-14-8-6-10-18(15(14)2)23-22(25)16(3)28-20(24)13-12-17-9-7-11-19(26-4)21(17)27-5/h7,9,11-16,18H,6,8,10H2,1-5H3,(H,23,25)/b13-12+/t14-,15+,16+,18+/m0/s1. The number of hydrogen-bond donors (Lipinski definition) is 1. The Morgan fingerprint density at radius 3 is 2.61 bits per heavy atom. The Balaban J connectivity index is 1.93. The van der Waals surface area contributed by atoms with Crippen molar-refractivity contribution in [3.8, 4) is 11.5 Å². The Hall–Kier alpha value is -2.50. The van der Waals surface area contributed by atoms with Gasteiger partial charge in [-0.15, -0.1) is 0 Å². The Morgan fingerprint density at radius 1 is 1.18 bits per heavy atom. The van der Waals surface area contributed by atoms with Gasteiger partial charge in [0.2, 0.25) is 0 Å². The number of benzene rings is 1. The van der Waals surface area contributed by atoms with Gasteiger partial charge in [-0.2, -0.15) is 0 Å². The zero-order valence-corrected chi connectivity index (χ0v) is 17.4. The van der Waals surface area contributed by atoms with Gasteiger partial charge in [-0.3, -0.25) is 4.79 Å². The lowest BCUT2D eigenvalue weighted by molar-refractivity contribution is -0.150. The summed E-state index contributed by atoms with van der Waals surface area (Å²) in [6, 6.07) is 5.50. The molecule has 1 aromatic carbocycles. The van der Waals surface area contributed by atoms with E-state index >= 15 is 0 Å². The highest BCUT2D eigenvalue weighted by Gasteiger charge is 2.29. The van der Waals surface area contributed by atoms with Crippen molar-refractivity contribution in [2.45, 2.75) is 52.2 Å². The summed E-state index contributed by atoms with van der Waals surface area (Å²) in [5.74, 6) is 1.25. The summed E-state index contributed by atoms with van der Waals surface area (Å²) in [5, 5.41) is 3.03. The third kappa shape index (κ3) is 5.50. The summed E-state index contributed by atoms with van der Waals surface area (Å²) < 4.78 is 15.8. The Bertz CT molecular complexity index is 715. The maximum absolute atomic E-state index is 12.4. The molecule has 0 unspecified atom stereocenters. The topological polar surface area (TPSA) is 73.9 Å². The third-order valence-corrected chi connectivity index (χ3v) is 5.53. The predicted octanol–water partition coefficient (Wildman–Crippen LogP) is 3.59. The lowest BCUT2D eigenvalue weighted by Crippen LogP contribution is -2.47. The van der Waals surface area contributed by atoms with Crippen LogP contribution < -0.4 is 14.8 Å². The smallest absolute Gasteiger partial charge is 0.331 e. The number of nitrogens with one attached hydrogen (secondary N) is 1. The van der Waals surface area contributed by atoms with Crippen molar-refractivity contribution < 1.29 is 23.8 Å². The molecule has 1 saturated carbocycles. The van der Waals surface area contributed by atoms with Crippen molar-refractivity contribution in [2.75, 3.05) is 14.2 Å². The fraction of sp³-hybridized carbons (Fsp3) is 0.545. The molecule has 6 nitrogen and oxygen atoms in total. The molecule has 0 aromatic heterocycles.